The number of anilines is 1. The maximum Gasteiger partial charge on any atom is 0.130 e. The van der Waals surface area contributed by atoms with Crippen molar-refractivity contribution in [2.75, 3.05) is 17.5 Å². The van der Waals surface area contributed by atoms with E-state index in [1.165, 1.54) is 5.56 Å². The molecule has 1 aromatic heterocycles. The Morgan fingerprint density at radius 1 is 1.26 bits per heavy atom. The molecule has 1 aromatic carbocycles. The molecule has 5 heteroatoms. The van der Waals surface area contributed by atoms with E-state index in [0.29, 0.717) is 5.88 Å². The molecule has 0 spiro atoms. The van der Waals surface area contributed by atoms with E-state index in [4.69, 9.17) is 11.6 Å². The summed E-state index contributed by atoms with van der Waals surface area (Å²) in [6.45, 7) is 0. The molecule has 0 amide bonds. The molecule has 0 aliphatic carbocycles. The third-order valence-corrected chi connectivity index (χ3v) is 3.73. The van der Waals surface area contributed by atoms with E-state index in [-0.39, 0.29) is 6.04 Å². The smallest absolute Gasteiger partial charge is 0.130 e. The number of halogens is 1. The highest BCUT2D eigenvalue weighted by Gasteiger charge is 2.09. The molecule has 19 heavy (non-hydrogen) atoms. The van der Waals surface area contributed by atoms with Gasteiger partial charge >= 0.3 is 0 Å². The number of benzene rings is 1. The monoisotopic (exact) mass is 293 g/mol. The van der Waals surface area contributed by atoms with Gasteiger partial charge in [0.05, 0.1) is 0 Å². The minimum absolute atomic E-state index is 0.161. The first kappa shape index (κ1) is 14.2. The maximum absolute atomic E-state index is 6.03. The van der Waals surface area contributed by atoms with Crippen LogP contribution in [0, 0.1) is 0 Å². The summed E-state index contributed by atoms with van der Waals surface area (Å²) in [4.78, 5) is 8.38. The number of hydrogen-bond donors (Lipinski definition) is 1. The lowest BCUT2D eigenvalue weighted by Gasteiger charge is -2.16. The lowest BCUT2D eigenvalue weighted by molar-refractivity contribution is 0.788. The van der Waals surface area contributed by atoms with Crippen molar-refractivity contribution in [3.63, 3.8) is 0 Å². The van der Waals surface area contributed by atoms with Crippen LogP contribution in [0.25, 0.3) is 0 Å². The first-order chi connectivity index (χ1) is 9.31. The predicted octanol–water partition coefficient (Wildman–Crippen LogP) is 3.46. The summed E-state index contributed by atoms with van der Waals surface area (Å²) >= 11 is 7.63. The second-order valence-electron chi connectivity index (χ2n) is 4.13. The molecule has 0 aliphatic rings. The van der Waals surface area contributed by atoms with Crippen LogP contribution >= 0.6 is 23.4 Å². The van der Waals surface area contributed by atoms with E-state index in [1.807, 2.05) is 30.5 Å². The van der Waals surface area contributed by atoms with Crippen LogP contribution in [0.1, 0.15) is 5.56 Å². The third kappa shape index (κ3) is 4.40. The summed E-state index contributed by atoms with van der Waals surface area (Å²) in [6.07, 6.45) is 4.44. The minimum atomic E-state index is 0.161. The molecule has 0 saturated heterocycles. The Kier molecular flexibility index (Phi) is 5.48. The summed E-state index contributed by atoms with van der Waals surface area (Å²) in [5.74, 6) is 1.36. The van der Waals surface area contributed by atoms with Gasteiger partial charge in [-0.2, -0.15) is 0 Å². The fraction of sp³-hybridized carbons (Fsp3) is 0.286. The van der Waals surface area contributed by atoms with Gasteiger partial charge in [-0.15, -0.1) is 23.4 Å². The number of hydrogen-bond acceptors (Lipinski definition) is 4. The highest BCUT2D eigenvalue weighted by atomic mass is 35.5. The Bertz CT molecular complexity index is 507. The summed E-state index contributed by atoms with van der Waals surface area (Å²) < 4.78 is 0. The molecule has 2 aromatic rings. The molecule has 100 valence electrons. The molecule has 0 radical (unpaired) electrons. The van der Waals surface area contributed by atoms with Crippen molar-refractivity contribution in [2.24, 2.45) is 0 Å². The van der Waals surface area contributed by atoms with Gasteiger partial charge in [-0.3, -0.25) is 0 Å². The highest BCUT2D eigenvalue weighted by Crippen LogP contribution is 2.15. The van der Waals surface area contributed by atoms with Crippen molar-refractivity contribution in [3.05, 3.63) is 48.3 Å². The van der Waals surface area contributed by atoms with Gasteiger partial charge in [-0.25, -0.2) is 9.97 Å². The molecule has 3 nitrogen and oxygen atoms in total. The Morgan fingerprint density at radius 3 is 2.74 bits per heavy atom. The van der Waals surface area contributed by atoms with Crippen LogP contribution in [0.15, 0.2) is 47.8 Å². The topological polar surface area (TPSA) is 37.8 Å². The fourth-order valence-corrected chi connectivity index (χ4v) is 2.35. The molecule has 1 unspecified atom stereocenters. The van der Waals surface area contributed by atoms with Gasteiger partial charge in [-0.1, -0.05) is 30.3 Å². The Balaban J connectivity index is 2.02. The van der Waals surface area contributed by atoms with Crippen LogP contribution in [0.3, 0.4) is 0 Å². The van der Waals surface area contributed by atoms with Crippen LogP contribution in [0.2, 0.25) is 0 Å². The Morgan fingerprint density at radius 2 is 2.05 bits per heavy atom. The van der Waals surface area contributed by atoms with E-state index in [2.05, 4.69) is 27.4 Å². The highest BCUT2D eigenvalue weighted by molar-refractivity contribution is 7.98. The van der Waals surface area contributed by atoms with Crippen LogP contribution < -0.4 is 5.32 Å². The van der Waals surface area contributed by atoms with Gasteiger partial charge in [0.15, 0.2) is 0 Å². The lowest BCUT2D eigenvalue weighted by atomic mass is 10.1. The largest absolute Gasteiger partial charge is 0.366 e. The number of aromatic nitrogens is 2. The molecule has 0 saturated carbocycles. The standard InChI is InChI=1S/C14H16ClN3S/c1-19-14-8-13(16-10-17-14)18-12(9-15)7-11-5-3-2-4-6-11/h2-6,8,10,12H,7,9H2,1H3,(H,16,17,18). The van der Waals surface area contributed by atoms with Gasteiger partial charge in [0.2, 0.25) is 0 Å². The molecule has 1 heterocycles. The summed E-state index contributed by atoms with van der Waals surface area (Å²) in [5, 5.41) is 4.31. The zero-order valence-corrected chi connectivity index (χ0v) is 12.3. The summed E-state index contributed by atoms with van der Waals surface area (Å²) in [5.41, 5.74) is 1.26. The predicted molar refractivity (Wildman–Crippen MR) is 82.1 cm³/mol. The van der Waals surface area contributed by atoms with Gasteiger partial charge in [-0.05, 0) is 18.2 Å². The molecule has 1 atom stereocenters. The quantitative estimate of drug-likeness (QED) is 0.503. The Hall–Kier alpha value is -1.26. The van der Waals surface area contributed by atoms with Crippen molar-refractivity contribution in [1.82, 2.24) is 9.97 Å². The first-order valence-electron chi connectivity index (χ1n) is 6.04. The molecule has 2 rings (SSSR count). The van der Waals surface area contributed by atoms with Gasteiger partial charge < -0.3 is 5.32 Å². The number of thioether (sulfide) groups is 1. The Labute approximate surface area is 122 Å². The lowest BCUT2D eigenvalue weighted by Crippen LogP contribution is -2.24. The van der Waals surface area contributed by atoms with Crippen molar-refractivity contribution >= 4 is 29.2 Å². The van der Waals surface area contributed by atoms with E-state index >= 15 is 0 Å². The second kappa shape index (κ2) is 7.36. The number of rotatable bonds is 6. The van der Waals surface area contributed by atoms with Crippen LogP contribution in [-0.2, 0) is 6.42 Å². The fourth-order valence-electron chi connectivity index (χ4n) is 1.78. The molecular formula is C14H16ClN3S. The zero-order valence-electron chi connectivity index (χ0n) is 10.7. The zero-order chi connectivity index (χ0) is 13.5. The maximum atomic E-state index is 6.03. The average molecular weight is 294 g/mol. The van der Waals surface area contributed by atoms with Crippen molar-refractivity contribution in [1.29, 1.82) is 0 Å². The summed E-state index contributed by atoms with van der Waals surface area (Å²) in [7, 11) is 0. The first-order valence-corrected chi connectivity index (χ1v) is 7.80. The van der Waals surface area contributed by atoms with E-state index < -0.39 is 0 Å². The second-order valence-corrected chi connectivity index (χ2v) is 5.27. The minimum Gasteiger partial charge on any atom is -0.366 e. The van der Waals surface area contributed by atoms with Crippen molar-refractivity contribution in [3.8, 4) is 0 Å². The van der Waals surface area contributed by atoms with Gasteiger partial charge in [0.1, 0.15) is 17.2 Å². The van der Waals surface area contributed by atoms with Crippen molar-refractivity contribution in [2.45, 2.75) is 17.5 Å². The molecule has 0 aliphatic heterocycles. The number of nitrogens with one attached hydrogen (secondary N) is 1. The van der Waals surface area contributed by atoms with E-state index in [0.717, 1.165) is 17.3 Å². The molecular weight excluding hydrogens is 278 g/mol. The van der Waals surface area contributed by atoms with Crippen LogP contribution in [0.5, 0.6) is 0 Å². The van der Waals surface area contributed by atoms with Crippen LogP contribution in [-0.4, -0.2) is 28.1 Å². The van der Waals surface area contributed by atoms with Crippen molar-refractivity contribution < 1.29 is 0 Å². The normalized spacial score (nSPS) is 12.1. The third-order valence-electron chi connectivity index (χ3n) is 2.71. The van der Waals surface area contributed by atoms with Gasteiger partial charge in [0.25, 0.3) is 0 Å². The number of alkyl halides is 1. The summed E-state index contributed by atoms with van der Waals surface area (Å²) in [6, 6.07) is 12.4. The van der Waals surface area contributed by atoms with Crippen LogP contribution in [0.4, 0.5) is 5.82 Å². The molecule has 0 bridgehead atoms. The average Bonchev–Trinajstić information content (AvgIpc) is 2.48. The van der Waals surface area contributed by atoms with E-state index in [9.17, 15) is 0 Å². The van der Waals surface area contributed by atoms with Gasteiger partial charge in [0, 0.05) is 18.0 Å². The SMILES string of the molecule is CSc1cc(NC(CCl)Cc2ccccc2)ncn1. The molecule has 1 N–H and O–H groups in total. The number of nitrogens with zero attached hydrogens (tertiary/aromatic N) is 2. The van der Waals surface area contributed by atoms with E-state index in [1.54, 1.807) is 18.1 Å². The molecule has 0 fully saturated rings.